The average molecular weight is 249 g/mol. The van der Waals surface area contributed by atoms with Gasteiger partial charge in [0.1, 0.15) is 4.90 Å². The van der Waals surface area contributed by atoms with Gasteiger partial charge in [-0.1, -0.05) is 5.92 Å². The van der Waals surface area contributed by atoms with Crippen molar-refractivity contribution in [2.45, 2.75) is 4.90 Å². The van der Waals surface area contributed by atoms with Crippen LogP contribution in [0, 0.1) is 12.3 Å². The van der Waals surface area contributed by atoms with Crippen LogP contribution in [0.3, 0.4) is 0 Å². The minimum atomic E-state index is -3.58. The van der Waals surface area contributed by atoms with Crippen LogP contribution >= 0.6 is 0 Å². The molecule has 0 aliphatic rings. The summed E-state index contributed by atoms with van der Waals surface area (Å²) in [5, 5.41) is 0.587. The number of nitrogens with two attached hydrogens (primary N) is 1. The van der Waals surface area contributed by atoms with Crippen LogP contribution in [0.2, 0.25) is 0 Å². The molecule has 1 aromatic heterocycles. The molecule has 17 heavy (non-hydrogen) atoms. The highest BCUT2D eigenvalue weighted by Gasteiger charge is 2.17. The van der Waals surface area contributed by atoms with Crippen LogP contribution in [0.4, 0.5) is 5.69 Å². The second-order valence-electron chi connectivity index (χ2n) is 3.49. The number of hydrogen-bond donors (Lipinski definition) is 3. The maximum absolute atomic E-state index is 11.9. The predicted molar refractivity (Wildman–Crippen MR) is 66.7 cm³/mol. The predicted octanol–water partition coefficient (Wildman–Crippen LogP) is 0.662. The molecule has 0 saturated heterocycles. The van der Waals surface area contributed by atoms with Crippen molar-refractivity contribution in [3.8, 4) is 12.3 Å². The maximum atomic E-state index is 11.9. The second kappa shape index (κ2) is 4.13. The molecule has 0 radical (unpaired) electrons. The lowest BCUT2D eigenvalue weighted by molar-refractivity contribution is 0.587. The zero-order chi connectivity index (χ0) is 12.5. The van der Waals surface area contributed by atoms with E-state index in [1.54, 1.807) is 18.2 Å². The molecule has 0 saturated carbocycles. The number of H-pyrrole nitrogens is 1. The van der Waals surface area contributed by atoms with Gasteiger partial charge in [0.15, 0.2) is 0 Å². The number of nitrogens with one attached hydrogen (secondary N) is 2. The third-order valence-corrected chi connectivity index (χ3v) is 3.76. The summed E-state index contributed by atoms with van der Waals surface area (Å²) in [5.74, 6) is 2.22. The molecule has 0 aliphatic carbocycles. The Bertz CT molecular complexity index is 695. The van der Waals surface area contributed by atoms with Gasteiger partial charge in [0.05, 0.1) is 6.54 Å². The normalized spacial score (nSPS) is 11.5. The number of hydrogen-bond acceptors (Lipinski definition) is 3. The summed E-state index contributed by atoms with van der Waals surface area (Å²) in [4.78, 5) is 3.03. The Morgan fingerprint density at radius 3 is 2.94 bits per heavy atom. The first-order chi connectivity index (χ1) is 8.04. The number of anilines is 1. The molecule has 0 atom stereocenters. The Labute approximate surface area is 99.1 Å². The van der Waals surface area contributed by atoms with Gasteiger partial charge in [0.2, 0.25) is 10.0 Å². The van der Waals surface area contributed by atoms with Crippen molar-refractivity contribution in [3.05, 3.63) is 24.4 Å². The summed E-state index contributed by atoms with van der Waals surface area (Å²) in [6, 6.07) is 4.98. The van der Waals surface area contributed by atoms with Gasteiger partial charge in [-0.15, -0.1) is 6.42 Å². The Morgan fingerprint density at radius 1 is 1.47 bits per heavy atom. The number of rotatable bonds is 3. The van der Waals surface area contributed by atoms with E-state index in [2.05, 4.69) is 15.6 Å². The Morgan fingerprint density at radius 2 is 2.24 bits per heavy atom. The van der Waals surface area contributed by atoms with Crippen molar-refractivity contribution in [2.24, 2.45) is 0 Å². The first-order valence-electron chi connectivity index (χ1n) is 4.84. The number of nitrogen functional groups attached to an aromatic ring is 1. The number of benzene rings is 1. The van der Waals surface area contributed by atoms with E-state index in [1.165, 1.54) is 6.20 Å². The van der Waals surface area contributed by atoms with E-state index in [4.69, 9.17) is 12.2 Å². The molecule has 1 heterocycles. The highest BCUT2D eigenvalue weighted by molar-refractivity contribution is 7.89. The minimum Gasteiger partial charge on any atom is -0.399 e. The van der Waals surface area contributed by atoms with Crippen LogP contribution in [-0.4, -0.2) is 19.9 Å². The number of aromatic amines is 1. The number of terminal acetylenes is 1. The van der Waals surface area contributed by atoms with Crippen LogP contribution in [0.5, 0.6) is 0 Å². The fourth-order valence-electron chi connectivity index (χ4n) is 1.55. The van der Waals surface area contributed by atoms with Crippen LogP contribution in [0.25, 0.3) is 10.9 Å². The molecule has 2 aromatic rings. The molecule has 2 rings (SSSR count). The zero-order valence-corrected chi connectivity index (χ0v) is 9.71. The van der Waals surface area contributed by atoms with Gasteiger partial charge in [-0.3, -0.25) is 0 Å². The minimum absolute atomic E-state index is 0.0377. The van der Waals surface area contributed by atoms with Crippen molar-refractivity contribution in [1.82, 2.24) is 9.71 Å². The number of fused-ring (bicyclic) bond motifs is 1. The third kappa shape index (κ3) is 2.11. The summed E-state index contributed by atoms with van der Waals surface area (Å²) in [6.45, 7) is -0.0377. The monoisotopic (exact) mass is 249 g/mol. The molecule has 4 N–H and O–H groups in total. The van der Waals surface area contributed by atoms with Gasteiger partial charge in [0, 0.05) is 22.8 Å². The van der Waals surface area contributed by atoms with E-state index in [9.17, 15) is 8.42 Å². The van der Waals surface area contributed by atoms with Gasteiger partial charge in [-0.25, -0.2) is 8.42 Å². The zero-order valence-electron chi connectivity index (χ0n) is 8.90. The highest BCUT2D eigenvalue weighted by atomic mass is 32.2. The number of aromatic nitrogens is 1. The molecule has 0 unspecified atom stereocenters. The first-order valence-corrected chi connectivity index (χ1v) is 6.32. The Kier molecular flexibility index (Phi) is 2.79. The highest BCUT2D eigenvalue weighted by Crippen LogP contribution is 2.24. The molecular formula is C11H11N3O2S. The van der Waals surface area contributed by atoms with Crippen molar-refractivity contribution >= 4 is 26.6 Å². The Balaban J connectivity index is 2.54. The molecule has 0 aliphatic heterocycles. The van der Waals surface area contributed by atoms with Crippen LogP contribution < -0.4 is 10.5 Å². The fraction of sp³-hybridized carbons (Fsp3) is 0.0909. The van der Waals surface area contributed by atoms with E-state index in [-0.39, 0.29) is 11.4 Å². The molecular weight excluding hydrogens is 238 g/mol. The lowest BCUT2D eigenvalue weighted by Gasteiger charge is -2.02. The van der Waals surface area contributed by atoms with Gasteiger partial charge in [0.25, 0.3) is 0 Å². The largest absolute Gasteiger partial charge is 0.399 e. The van der Waals surface area contributed by atoms with E-state index in [1.807, 2.05) is 0 Å². The standard InChI is InChI=1S/C11H11N3O2S/c1-2-5-14-17(15,16)11-7-13-10-6-8(12)3-4-9(10)11/h1,3-4,6-7,13-14H,5,12H2. The van der Waals surface area contributed by atoms with Gasteiger partial charge < -0.3 is 10.7 Å². The quantitative estimate of drug-likeness (QED) is 0.551. The molecule has 1 aromatic carbocycles. The summed E-state index contributed by atoms with van der Waals surface area (Å²) < 4.78 is 26.1. The molecule has 0 spiro atoms. The fourth-order valence-corrected chi connectivity index (χ4v) is 2.66. The van der Waals surface area contributed by atoms with Crippen molar-refractivity contribution in [3.63, 3.8) is 0 Å². The molecule has 5 nitrogen and oxygen atoms in total. The van der Waals surface area contributed by atoms with E-state index >= 15 is 0 Å². The molecule has 6 heteroatoms. The van der Waals surface area contributed by atoms with Crippen LogP contribution in [0.15, 0.2) is 29.3 Å². The van der Waals surface area contributed by atoms with Gasteiger partial charge >= 0.3 is 0 Å². The maximum Gasteiger partial charge on any atom is 0.243 e. The molecule has 88 valence electrons. The summed E-state index contributed by atoms with van der Waals surface area (Å²) in [6.07, 6.45) is 6.44. The van der Waals surface area contributed by atoms with Crippen molar-refractivity contribution < 1.29 is 8.42 Å². The lowest BCUT2D eigenvalue weighted by atomic mass is 10.2. The van der Waals surface area contributed by atoms with Gasteiger partial charge in [-0.05, 0) is 18.2 Å². The van der Waals surface area contributed by atoms with Crippen LogP contribution in [-0.2, 0) is 10.0 Å². The molecule has 0 amide bonds. The average Bonchev–Trinajstić information content (AvgIpc) is 2.69. The summed E-state index contributed by atoms with van der Waals surface area (Å²) >= 11 is 0. The third-order valence-electron chi connectivity index (χ3n) is 2.32. The first kappa shape index (κ1) is 11.5. The van der Waals surface area contributed by atoms with E-state index < -0.39 is 10.0 Å². The number of sulfonamides is 1. The molecule has 0 fully saturated rings. The lowest BCUT2D eigenvalue weighted by Crippen LogP contribution is -2.23. The van der Waals surface area contributed by atoms with Gasteiger partial charge in [-0.2, -0.15) is 4.72 Å². The summed E-state index contributed by atoms with van der Waals surface area (Å²) in [7, 11) is -3.58. The van der Waals surface area contributed by atoms with E-state index in [0.717, 1.165) is 0 Å². The van der Waals surface area contributed by atoms with Crippen molar-refractivity contribution in [2.75, 3.05) is 12.3 Å². The van der Waals surface area contributed by atoms with Crippen LogP contribution in [0.1, 0.15) is 0 Å². The topological polar surface area (TPSA) is 88.0 Å². The van der Waals surface area contributed by atoms with E-state index in [0.29, 0.717) is 16.6 Å². The SMILES string of the molecule is C#CCNS(=O)(=O)c1c[nH]c2cc(N)ccc12. The Hall–Kier alpha value is -1.97. The second-order valence-corrected chi connectivity index (χ2v) is 5.22. The summed E-state index contributed by atoms with van der Waals surface area (Å²) in [5.41, 5.74) is 6.85. The van der Waals surface area contributed by atoms with Crippen molar-refractivity contribution in [1.29, 1.82) is 0 Å². The molecule has 0 bridgehead atoms. The smallest absolute Gasteiger partial charge is 0.243 e.